The van der Waals surface area contributed by atoms with E-state index in [1.165, 1.54) is 0 Å². The maximum Gasteiger partial charge on any atom is 0.187 e. The average Bonchev–Trinajstić information content (AvgIpc) is 2.47. The molecule has 0 saturated carbocycles. The lowest BCUT2D eigenvalue weighted by Crippen LogP contribution is -2.34. The third-order valence-corrected chi connectivity index (χ3v) is 2.77. The van der Waals surface area contributed by atoms with E-state index in [-0.39, 0.29) is 0 Å². The highest BCUT2D eigenvalue weighted by Crippen LogP contribution is 2.30. The van der Waals surface area contributed by atoms with Crippen molar-refractivity contribution >= 4 is 23.5 Å². The summed E-state index contributed by atoms with van der Waals surface area (Å²) in [6, 6.07) is 5.65. The normalized spacial score (nSPS) is 13.2. The number of nitrogens with zero attached hydrogens (tertiary/aromatic N) is 1. The molecule has 0 unspecified atom stereocenters. The largest absolute Gasteiger partial charge is 0.486 e. The molecule has 108 valence electrons. The second-order valence-electron chi connectivity index (χ2n) is 4.02. The zero-order chi connectivity index (χ0) is 14.2. The quantitative estimate of drug-likeness (QED) is 0.364. The first-order valence-electron chi connectivity index (χ1n) is 6.25. The minimum Gasteiger partial charge on any atom is -0.486 e. The summed E-state index contributed by atoms with van der Waals surface area (Å²) >= 11 is 5.04. The lowest BCUT2D eigenvalue weighted by Gasteiger charge is -2.18. The van der Waals surface area contributed by atoms with Gasteiger partial charge in [0.2, 0.25) is 0 Å². The van der Waals surface area contributed by atoms with Crippen LogP contribution in [0.15, 0.2) is 23.3 Å². The van der Waals surface area contributed by atoms with Gasteiger partial charge in [-0.1, -0.05) is 0 Å². The number of ether oxygens (including phenoxy) is 3. The summed E-state index contributed by atoms with van der Waals surface area (Å²) in [6.07, 6.45) is 1.67. The third-order valence-electron chi connectivity index (χ3n) is 2.54. The van der Waals surface area contributed by atoms with Crippen LogP contribution in [0.1, 0.15) is 5.56 Å². The first kappa shape index (κ1) is 14.5. The van der Waals surface area contributed by atoms with Gasteiger partial charge in [0, 0.05) is 13.7 Å². The van der Waals surface area contributed by atoms with Crippen molar-refractivity contribution in [2.75, 3.05) is 33.5 Å². The standard InChI is InChI=1S/C13H17N3O3S/c1-17-5-4-14-13(20)16-15-9-10-2-3-11-12(8-10)19-7-6-18-11/h2-3,8-9H,4-7H2,1H3,(H2,14,16,20)/b15-9-. The van der Waals surface area contributed by atoms with E-state index in [9.17, 15) is 0 Å². The molecule has 0 fully saturated rings. The van der Waals surface area contributed by atoms with Crippen LogP contribution in [-0.4, -0.2) is 44.8 Å². The van der Waals surface area contributed by atoms with Crippen LogP contribution in [0.5, 0.6) is 11.5 Å². The molecule has 0 aromatic heterocycles. The van der Waals surface area contributed by atoms with Crippen LogP contribution in [-0.2, 0) is 4.74 Å². The molecular formula is C13H17N3O3S. The van der Waals surface area contributed by atoms with Gasteiger partial charge in [-0.2, -0.15) is 5.10 Å². The van der Waals surface area contributed by atoms with Crippen molar-refractivity contribution in [3.8, 4) is 11.5 Å². The predicted molar refractivity (Wildman–Crippen MR) is 80.6 cm³/mol. The van der Waals surface area contributed by atoms with E-state index in [0.717, 1.165) is 17.1 Å². The molecule has 2 N–H and O–H groups in total. The Hall–Kier alpha value is -1.86. The molecule has 1 aliphatic heterocycles. The average molecular weight is 295 g/mol. The fourth-order valence-electron chi connectivity index (χ4n) is 1.61. The first-order valence-corrected chi connectivity index (χ1v) is 6.66. The molecular weight excluding hydrogens is 278 g/mol. The molecule has 1 heterocycles. The van der Waals surface area contributed by atoms with Crippen LogP contribution in [0.2, 0.25) is 0 Å². The molecule has 20 heavy (non-hydrogen) atoms. The van der Waals surface area contributed by atoms with Crippen molar-refractivity contribution in [3.63, 3.8) is 0 Å². The second kappa shape index (κ2) is 7.66. The predicted octanol–water partition coefficient (Wildman–Crippen LogP) is 0.902. The van der Waals surface area contributed by atoms with Crippen molar-refractivity contribution in [1.82, 2.24) is 10.7 Å². The Morgan fingerprint density at radius 1 is 1.40 bits per heavy atom. The number of hydrogen-bond acceptors (Lipinski definition) is 5. The van der Waals surface area contributed by atoms with E-state index in [1.54, 1.807) is 13.3 Å². The Kier molecular flexibility index (Phi) is 5.57. The highest BCUT2D eigenvalue weighted by molar-refractivity contribution is 7.80. The zero-order valence-electron chi connectivity index (χ0n) is 11.2. The van der Waals surface area contributed by atoms with Crippen LogP contribution in [0, 0.1) is 0 Å². The molecule has 1 aromatic carbocycles. The fourth-order valence-corrected chi connectivity index (χ4v) is 1.77. The smallest absolute Gasteiger partial charge is 0.187 e. The van der Waals surface area contributed by atoms with E-state index in [2.05, 4.69) is 15.8 Å². The molecule has 1 aromatic rings. The number of nitrogens with one attached hydrogen (secondary N) is 2. The first-order chi connectivity index (χ1) is 9.79. The topological polar surface area (TPSA) is 64.1 Å². The van der Waals surface area contributed by atoms with Gasteiger partial charge in [0.25, 0.3) is 0 Å². The Balaban J connectivity index is 1.83. The van der Waals surface area contributed by atoms with Crippen molar-refractivity contribution in [3.05, 3.63) is 23.8 Å². The van der Waals surface area contributed by atoms with Crippen LogP contribution in [0.3, 0.4) is 0 Å². The molecule has 0 atom stereocenters. The van der Waals surface area contributed by atoms with Gasteiger partial charge in [-0.15, -0.1) is 0 Å². The summed E-state index contributed by atoms with van der Waals surface area (Å²) in [6.45, 7) is 2.39. The van der Waals surface area contributed by atoms with Gasteiger partial charge in [0.05, 0.1) is 12.8 Å². The summed E-state index contributed by atoms with van der Waals surface area (Å²) in [4.78, 5) is 0. The Morgan fingerprint density at radius 3 is 3.00 bits per heavy atom. The number of rotatable bonds is 5. The molecule has 7 heteroatoms. The summed E-state index contributed by atoms with van der Waals surface area (Å²) < 4.78 is 15.9. The van der Waals surface area contributed by atoms with Crippen LogP contribution >= 0.6 is 12.2 Å². The highest BCUT2D eigenvalue weighted by atomic mass is 32.1. The molecule has 6 nitrogen and oxygen atoms in total. The summed E-state index contributed by atoms with van der Waals surface area (Å²) in [5, 5.41) is 7.46. The summed E-state index contributed by atoms with van der Waals surface area (Å²) in [7, 11) is 1.64. The molecule has 0 aliphatic carbocycles. The summed E-state index contributed by atoms with van der Waals surface area (Å²) in [5.41, 5.74) is 3.64. The van der Waals surface area contributed by atoms with Gasteiger partial charge in [0.1, 0.15) is 13.2 Å². The molecule has 0 amide bonds. The lowest BCUT2D eigenvalue weighted by atomic mass is 10.2. The minimum absolute atomic E-state index is 0.454. The van der Waals surface area contributed by atoms with Gasteiger partial charge in [-0.05, 0) is 36.0 Å². The zero-order valence-corrected chi connectivity index (χ0v) is 12.0. The van der Waals surface area contributed by atoms with E-state index in [0.29, 0.717) is 31.5 Å². The van der Waals surface area contributed by atoms with Crippen molar-refractivity contribution in [2.24, 2.45) is 5.10 Å². The van der Waals surface area contributed by atoms with Gasteiger partial charge < -0.3 is 19.5 Å². The number of hydrogen-bond donors (Lipinski definition) is 2. The minimum atomic E-state index is 0.454. The SMILES string of the molecule is COCCNC(=S)N/N=C\c1ccc2c(c1)OCCO2. The molecule has 1 aliphatic rings. The summed E-state index contributed by atoms with van der Waals surface area (Å²) in [5.74, 6) is 1.50. The highest BCUT2D eigenvalue weighted by Gasteiger charge is 2.10. The number of thiocarbonyl (C=S) groups is 1. The Morgan fingerprint density at radius 2 is 2.20 bits per heavy atom. The lowest BCUT2D eigenvalue weighted by molar-refractivity contribution is 0.171. The number of benzene rings is 1. The maximum absolute atomic E-state index is 5.50. The van der Waals surface area contributed by atoms with Gasteiger partial charge in [-0.3, -0.25) is 5.43 Å². The van der Waals surface area contributed by atoms with Gasteiger partial charge >= 0.3 is 0 Å². The van der Waals surface area contributed by atoms with E-state index < -0.39 is 0 Å². The number of fused-ring (bicyclic) bond motifs is 1. The molecule has 0 saturated heterocycles. The molecule has 2 rings (SSSR count). The van der Waals surface area contributed by atoms with Crippen LogP contribution in [0.4, 0.5) is 0 Å². The number of hydrazone groups is 1. The van der Waals surface area contributed by atoms with Crippen LogP contribution < -0.4 is 20.2 Å². The third kappa shape index (κ3) is 4.36. The van der Waals surface area contributed by atoms with E-state index in [4.69, 9.17) is 26.4 Å². The monoisotopic (exact) mass is 295 g/mol. The molecule has 0 bridgehead atoms. The van der Waals surface area contributed by atoms with E-state index >= 15 is 0 Å². The Bertz CT molecular complexity index is 494. The maximum atomic E-state index is 5.50. The second-order valence-corrected chi connectivity index (χ2v) is 4.43. The van der Waals surface area contributed by atoms with Crippen LogP contribution in [0.25, 0.3) is 0 Å². The fraction of sp³-hybridized carbons (Fsp3) is 0.385. The van der Waals surface area contributed by atoms with Gasteiger partial charge in [-0.25, -0.2) is 0 Å². The number of methoxy groups -OCH3 is 1. The van der Waals surface area contributed by atoms with Crippen molar-refractivity contribution in [1.29, 1.82) is 0 Å². The molecule has 0 radical (unpaired) electrons. The Labute approximate surface area is 123 Å². The van der Waals surface area contributed by atoms with Crippen molar-refractivity contribution < 1.29 is 14.2 Å². The van der Waals surface area contributed by atoms with E-state index in [1.807, 2.05) is 18.2 Å². The van der Waals surface area contributed by atoms with Crippen molar-refractivity contribution in [2.45, 2.75) is 0 Å². The molecule has 0 spiro atoms. The van der Waals surface area contributed by atoms with Gasteiger partial charge in [0.15, 0.2) is 16.6 Å².